The number of nitrogens with zero attached hydrogens (tertiary/aromatic N) is 1. The van der Waals surface area contributed by atoms with Crippen LogP contribution in [0.3, 0.4) is 0 Å². The van der Waals surface area contributed by atoms with Gasteiger partial charge in [0.25, 0.3) is 5.91 Å². The first-order valence-electron chi connectivity index (χ1n) is 7.66. The summed E-state index contributed by atoms with van der Waals surface area (Å²) in [5.74, 6) is 0.572. The second-order valence-corrected chi connectivity index (χ2v) is 5.35. The SMILES string of the molecule is C=CCOc1ccccc1CNC(=O)c1n[nH]c2c1CNCC2. The van der Waals surface area contributed by atoms with Crippen LogP contribution in [0.4, 0.5) is 0 Å². The number of hydrogen-bond acceptors (Lipinski definition) is 4. The first-order valence-corrected chi connectivity index (χ1v) is 7.66. The first-order chi connectivity index (χ1) is 11.3. The highest BCUT2D eigenvalue weighted by molar-refractivity contribution is 5.94. The summed E-state index contributed by atoms with van der Waals surface area (Å²) in [6, 6.07) is 7.63. The number of aromatic nitrogens is 2. The molecule has 3 rings (SSSR count). The monoisotopic (exact) mass is 312 g/mol. The molecule has 0 saturated carbocycles. The summed E-state index contributed by atoms with van der Waals surface area (Å²) in [6.45, 7) is 6.05. The maximum absolute atomic E-state index is 12.4. The van der Waals surface area contributed by atoms with Crippen molar-refractivity contribution < 1.29 is 9.53 Å². The Morgan fingerprint density at radius 3 is 3.17 bits per heavy atom. The lowest BCUT2D eigenvalue weighted by Gasteiger charge is -2.13. The van der Waals surface area contributed by atoms with Gasteiger partial charge in [-0.1, -0.05) is 30.9 Å². The van der Waals surface area contributed by atoms with E-state index in [1.54, 1.807) is 6.08 Å². The molecule has 0 atom stereocenters. The zero-order chi connectivity index (χ0) is 16.1. The van der Waals surface area contributed by atoms with Crippen LogP contribution in [0.1, 0.15) is 27.3 Å². The smallest absolute Gasteiger partial charge is 0.272 e. The van der Waals surface area contributed by atoms with Crippen LogP contribution in [-0.4, -0.2) is 29.3 Å². The number of rotatable bonds is 6. The number of fused-ring (bicyclic) bond motifs is 1. The van der Waals surface area contributed by atoms with Gasteiger partial charge in [0.05, 0.1) is 0 Å². The second kappa shape index (κ2) is 7.11. The highest BCUT2D eigenvalue weighted by Crippen LogP contribution is 2.19. The van der Waals surface area contributed by atoms with Crippen molar-refractivity contribution in [2.45, 2.75) is 19.5 Å². The minimum Gasteiger partial charge on any atom is -0.489 e. The van der Waals surface area contributed by atoms with Crippen LogP contribution in [0.25, 0.3) is 0 Å². The lowest BCUT2D eigenvalue weighted by molar-refractivity contribution is 0.0944. The van der Waals surface area contributed by atoms with Crippen LogP contribution in [0.5, 0.6) is 5.75 Å². The van der Waals surface area contributed by atoms with E-state index in [1.165, 1.54) is 0 Å². The van der Waals surface area contributed by atoms with Gasteiger partial charge in [-0.3, -0.25) is 9.89 Å². The Morgan fingerprint density at radius 2 is 2.30 bits per heavy atom. The van der Waals surface area contributed by atoms with E-state index in [0.29, 0.717) is 25.4 Å². The average Bonchev–Trinajstić information content (AvgIpc) is 3.02. The predicted molar refractivity (Wildman–Crippen MR) is 87.3 cm³/mol. The molecule has 2 aromatic rings. The van der Waals surface area contributed by atoms with Gasteiger partial charge in [-0.25, -0.2) is 0 Å². The number of aromatic amines is 1. The van der Waals surface area contributed by atoms with E-state index in [9.17, 15) is 4.79 Å². The second-order valence-electron chi connectivity index (χ2n) is 5.35. The molecule has 3 N–H and O–H groups in total. The van der Waals surface area contributed by atoms with Crippen molar-refractivity contribution in [3.8, 4) is 5.75 Å². The van der Waals surface area contributed by atoms with Gasteiger partial charge in [0.2, 0.25) is 0 Å². The van der Waals surface area contributed by atoms with Crippen molar-refractivity contribution >= 4 is 5.91 Å². The maximum atomic E-state index is 12.4. The fraction of sp³-hybridized carbons (Fsp3) is 0.294. The molecular formula is C17H20N4O2. The molecule has 6 nitrogen and oxygen atoms in total. The number of amides is 1. The number of H-pyrrole nitrogens is 1. The van der Waals surface area contributed by atoms with Crippen LogP contribution >= 0.6 is 0 Å². The van der Waals surface area contributed by atoms with E-state index >= 15 is 0 Å². The minimum absolute atomic E-state index is 0.176. The number of carbonyl (C=O) groups excluding carboxylic acids is 1. The van der Waals surface area contributed by atoms with E-state index < -0.39 is 0 Å². The van der Waals surface area contributed by atoms with Crippen LogP contribution in [0.15, 0.2) is 36.9 Å². The Balaban J connectivity index is 1.68. The summed E-state index contributed by atoms with van der Waals surface area (Å²) in [7, 11) is 0. The topological polar surface area (TPSA) is 79.0 Å². The molecule has 0 radical (unpaired) electrons. The van der Waals surface area contributed by atoms with Gasteiger partial charge in [0.15, 0.2) is 5.69 Å². The largest absolute Gasteiger partial charge is 0.489 e. The van der Waals surface area contributed by atoms with Crippen molar-refractivity contribution in [2.75, 3.05) is 13.2 Å². The van der Waals surface area contributed by atoms with Crippen LogP contribution in [0, 0.1) is 0 Å². The Labute approximate surface area is 134 Å². The van der Waals surface area contributed by atoms with Crippen molar-refractivity contribution in [3.05, 3.63) is 59.4 Å². The summed E-state index contributed by atoms with van der Waals surface area (Å²) in [5.41, 5.74) is 3.40. The quantitative estimate of drug-likeness (QED) is 0.707. The summed E-state index contributed by atoms with van der Waals surface area (Å²) in [5, 5.41) is 13.3. The average molecular weight is 312 g/mol. The summed E-state index contributed by atoms with van der Waals surface area (Å²) in [4.78, 5) is 12.4. The maximum Gasteiger partial charge on any atom is 0.272 e. The van der Waals surface area contributed by atoms with Crippen LogP contribution < -0.4 is 15.4 Å². The molecule has 1 aliphatic heterocycles. The molecule has 1 aromatic heterocycles. The van der Waals surface area contributed by atoms with E-state index in [2.05, 4.69) is 27.4 Å². The number of hydrogen-bond donors (Lipinski definition) is 3. The fourth-order valence-electron chi connectivity index (χ4n) is 2.61. The molecule has 1 aromatic carbocycles. The van der Waals surface area contributed by atoms with Crippen molar-refractivity contribution in [3.63, 3.8) is 0 Å². The zero-order valence-corrected chi connectivity index (χ0v) is 12.9. The third-order valence-corrected chi connectivity index (χ3v) is 3.79. The number of para-hydroxylation sites is 1. The number of ether oxygens (including phenoxy) is 1. The molecule has 0 aliphatic carbocycles. The van der Waals surface area contributed by atoms with Crippen LogP contribution in [-0.2, 0) is 19.5 Å². The molecule has 23 heavy (non-hydrogen) atoms. The lowest BCUT2D eigenvalue weighted by Crippen LogP contribution is -2.28. The predicted octanol–water partition coefficient (Wildman–Crippen LogP) is 1.55. The molecule has 2 heterocycles. The molecule has 6 heteroatoms. The summed E-state index contributed by atoms with van der Waals surface area (Å²) >= 11 is 0. The van der Waals surface area contributed by atoms with Gasteiger partial charge < -0.3 is 15.4 Å². The van der Waals surface area contributed by atoms with Gasteiger partial charge in [-0.05, 0) is 6.07 Å². The molecular weight excluding hydrogens is 292 g/mol. The minimum atomic E-state index is -0.176. The first kappa shape index (κ1) is 15.3. The standard InChI is InChI=1S/C17H20N4O2/c1-2-9-23-15-6-4-3-5-12(15)10-19-17(22)16-13-11-18-8-7-14(13)20-21-16/h2-6,18H,1,7-11H2,(H,19,22)(H,20,21). The molecule has 0 saturated heterocycles. The fourth-order valence-corrected chi connectivity index (χ4v) is 2.61. The highest BCUT2D eigenvalue weighted by atomic mass is 16.5. The van der Waals surface area contributed by atoms with Gasteiger partial charge in [0, 0.05) is 42.9 Å². The Morgan fingerprint density at radius 1 is 1.43 bits per heavy atom. The number of nitrogens with one attached hydrogen (secondary N) is 3. The molecule has 0 bridgehead atoms. The van der Waals surface area contributed by atoms with E-state index in [0.717, 1.165) is 35.5 Å². The van der Waals surface area contributed by atoms with Gasteiger partial charge in [-0.15, -0.1) is 0 Å². The van der Waals surface area contributed by atoms with E-state index in [-0.39, 0.29) is 5.91 Å². The number of benzene rings is 1. The summed E-state index contributed by atoms with van der Waals surface area (Å²) < 4.78 is 5.60. The lowest BCUT2D eigenvalue weighted by atomic mass is 10.1. The van der Waals surface area contributed by atoms with Crippen LogP contribution in [0.2, 0.25) is 0 Å². The number of carbonyl (C=O) groups is 1. The Bertz CT molecular complexity index is 708. The summed E-state index contributed by atoms with van der Waals surface area (Å²) in [6.07, 6.45) is 2.56. The third kappa shape index (κ3) is 3.43. The van der Waals surface area contributed by atoms with E-state index in [4.69, 9.17) is 4.74 Å². The highest BCUT2D eigenvalue weighted by Gasteiger charge is 2.21. The molecule has 0 spiro atoms. The molecule has 0 unspecified atom stereocenters. The van der Waals surface area contributed by atoms with E-state index in [1.807, 2.05) is 24.3 Å². The zero-order valence-electron chi connectivity index (χ0n) is 12.9. The van der Waals surface area contributed by atoms with Crippen molar-refractivity contribution in [2.24, 2.45) is 0 Å². The Hall–Kier alpha value is -2.60. The van der Waals surface area contributed by atoms with Crippen molar-refractivity contribution in [1.82, 2.24) is 20.8 Å². The molecule has 1 aliphatic rings. The normalized spacial score (nSPS) is 13.2. The Kier molecular flexibility index (Phi) is 4.73. The van der Waals surface area contributed by atoms with Crippen molar-refractivity contribution in [1.29, 1.82) is 0 Å². The third-order valence-electron chi connectivity index (χ3n) is 3.79. The van der Waals surface area contributed by atoms with Gasteiger partial charge >= 0.3 is 0 Å². The molecule has 1 amide bonds. The van der Waals surface area contributed by atoms with Gasteiger partial charge in [-0.2, -0.15) is 5.10 Å². The molecule has 120 valence electrons. The molecule has 0 fully saturated rings. The van der Waals surface area contributed by atoms with Gasteiger partial charge in [0.1, 0.15) is 12.4 Å².